The fourth-order valence-corrected chi connectivity index (χ4v) is 1.45. The Morgan fingerprint density at radius 3 is 1.90 bits per heavy atom. The van der Waals surface area contributed by atoms with Gasteiger partial charge >= 0.3 is 0 Å². The lowest BCUT2D eigenvalue weighted by atomic mass is 9.96. The fourth-order valence-electron chi connectivity index (χ4n) is 1.45. The van der Waals surface area contributed by atoms with Crippen molar-refractivity contribution >= 4 is 17.7 Å². The molecule has 3 amide bonds. The highest BCUT2D eigenvalue weighted by atomic mass is 16.2. The number of carbonyl (C=O) groups excluding carboxylic acids is 3. The molecule has 122 valence electrons. The van der Waals surface area contributed by atoms with Crippen molar-refractivity contribution in [2.24, 2.45) is 5.41 Å². The van der Waals surface area contributed by atoms with Gasteiger partial charge in [0.2, 0.25) is 17.7 Å². The molecule has 0 aromatic heterocycles. The first-order valence-electron chi connectivity index (χ1n) is 7.28. The Hall–Kier alpha value is -1.59. The normalized spacial score (nSPS) is 11.7. The van der Waals surface area contributed by atoms with Gasteiger partial charge in [0.25, 0.3) is 0 Å². The maximum Gasteiger partial charge on any atom is 0.239 e. The van der Waals surface area contributed by atoms with Gasteiger partial charge in [0.1, 0.15) is 0 Å². The van der Waals surface area contributed by atoms with E-state index in [2.05, 4.69) is 16.0 Å². The van der Waals surface area contributed by atoms with Gasteiger partial charge in [-0.1, -0.05) is 20.8 Å². The summed E-state index contributed by atoms with van der Waals surface area (Å²) in [6.45, 7) is 11.6. The monoisotopic (exact) mass is 299 g/mol. The number of hydrogen-bond acceptors (Lipinski definition) is 3. The van der Waals surface area contributed by atoms with E-state index < -0.39 is 5.41 Å². The van der Waals surface area contributed by atoms with Crippen LogP contribution in [0.5, 0.6) is 0 Å². The van der Waals surface area contributed by atoms with Gasteiger partial charge in [-0.05, 0) is 27.2 Å². The Morgan fingerprint density at radius 2 is 1.43 bits per heavy atom. The average molecular weight is 299 g/mol. The second-order valence-corrected chi connectivity index (χ2v) is 7.18. The second-order valence-electron chi connectivity index (χ2n) is 7.18. The average Bonchev–Trinajstić information content (AvgIpc) is 2.28. The molecule has 0 aliphatic heterocycles. The maximum absolute atomic E-state index is 11.6. The zero-order chi connectivity index (χ0) is 16.7. The summed E-state index contributed by atoms with van der Waals surface area (Å²) in [6, 6.07) is 0. The summed E-state index contributed by atoms with van der Waals surface area (Å²) in [5.74, 6) is -0.437. The van der Waals surface area contributed by atoms with E-state index in [0.717, 1.165) is 0 Å². The SMILES string of the molecule is CC(C)(C)NC(=O)CNC(=O)CCCNC(=O)C(C)(C)C. The highest BCUT2D eigenvalue weighted by Gasteiger charge is 2.20. The molecule has 3 N–H and O–H groups in total. The van der Waals surface area contributed by atoms with Crippen LogP contribution in [0.2, 0.25) is 0 Å². The van der Waals surface area contributed by atoms with E-state index in [9.17, 15) is 14.4 Å². The minimum absolute atomic E-state index is 0.0234. The molecule has 0 fully saturated rings. The van der Waals surface area contributed by atoms with Crippen molar-refractivity contribution < 1.29 is 14.4 Å². The molecule has 0 aliphatic rings. The third-order valence-corrected chi connectivity index (χ3v) is 2.51. The Bertz CT molecular complexity index is 379. The Morgan fingerprint density at radius 1 is 0.857 bits per heavy atom. The van der Waals surface area contributed by atoms with Crippen molar-refractivity contribution in [1.29, 1.82) is 0 Å². The van der Waals surface area contributed by atoms with Gasteiger partial charge in [-0.25, -0.2) is 0 Å². The maximum atomic E-state index is 11.6. The van der Waals surface area contributed by atoms with Crippen LogP contribution in [0.3, 0.4) is 0 Å². The number of hydrogen-bond donors (Lipinski definition) is 3. The molecular formula is C15H29N3O3. The van der Waals surface area contributed by atoms with E-state index >= 15 is 0 Å². The fraction of sp³-hybridized carbons (Fsp3) is 0.800. The second kappa shape index (κ2) is 8.00. The lowest BCUT2D eigenvalue weighted by Crippen LogP contribution is -2.45. The summed E-state index contributed by atoms with van der Waals surface area (Å²) in [6.07, 6.45) is 0.835. The predicted octanol–water partition coefficient (Wildman–Crippen LogP) is 0.960. The van der Waals surface area contributed by atoms with Gasteiger partial charge in [0.05, 0.1) is 6.54 Å². The van der Waals surface area contributed by atoms with Crippen LogP contribution < -0.4 is 16.0 Å². The van der Waals surface area contributed by atoms with Crippen LogP contribution in [0.15, 0.2) is 0 Å². The molecule has 0 unspecified atom stereocenters. The van der Waals surface area contributed by atoms with Gasteiger partial charge in [0, 0.05) is 23.9 Å². The minimum Gasteiger partial charge on any atom is -0.356 e. The zero-order valence-electron chi connectivity index (χ0n) is 14.1. The lowest BCUT2D eigenvalue weighted by molar-refractivity contribution is -0.128. The van der Waals surface area contributed by atoms with Crippen LogP contribution in [0.25, 0.3) is 0 Å². The standard InChI is InChI=1S/C15H29N3O3/c1-14(2,3)13(21)16-9-7-8-11(19)17-10-12(20)18-15(4,5)6/h7-10H2,1-6H3,(H,16,21)(H,17,19)(H,18,20). The molecule has 0 heterocycles. The molecule has 0 aromatic carbocycles. The summed E-state index contributed by atoms with van der Waals surface area (Å²) < 4.78 is 0. The molecule has 0 rings (SSSR count). The first-order chi connectivity index (χ1) is 9.42. The van der Waals surface area contributed by atoms with Crippen molar-refractivity contribution in [2.45, 2.75) is 59.9 Å². The quantitative estimate of drug-likeness (QED) is 0.638. The Balaban J connectivity index is 3.78. The highest BCUT2D eigenvalue weighted by molar-refractivity contribution is 5.85. The summed E-state index contributed by atoms with van der Waals surface area (Å²) in [4.78, 5) is 34.7. The molecule has 0 radical (unpaired) electrons. The van der Waals surface area contributed by atoms with Crippen LogP contribution in [0.1, 0.15) is 54.4 Å². The van der Waals surface area contributed by atoms with Crippen LogP contribution in [-0.2, 0) is 14.4 Å². The Kier molecular flexibility index (Phi) is 7.39. The van der Waals surface area contributed by atoms with Crippen molar-refractivity contribution in [2.75, 3.05) is 13.1 Å². The van der Waals surface area contributed by atoms with Gasteiger partial charge in [-0.15, -0.1) is 0 Å². The number of rotatable bonds is 6. The van der Waals surface area contributed by atoms with E-state index in [1.807, 2.05) is 41.5 Å². The third kappa shape index (κ3) is 10.8. The minimum atomic E-state index is -0.423. The Labute approximate surface area is 127 Å². The van der Waals surface area contributed by atoms with Crippen LogP contribution in [-0.4, -0.2) is 36.3 Å². The van der Waals surface area contributed by atoms with E-state index in [1.54, 1.807) is 0 Å². The van der Waals surface area contributed by atoms with Gasteiger partial charge in [-0.3, -0.25) is 14.4 Å². The van der Waals surface area contributed by atoms with Crippen molar-refractivity contribution in [3.8, 4) is 0 Å². The lowest BCUT2D eigenvalue weighted by Gasteiger charge is -2.20. The molecule has 0 spiro atoms. The summed E-state index contributed by atoms with van der Waals surface area (Å²) in [5, 5.41) is 8.10. The number of amides is 3. The highest BCUT2D eigenvalue weighted by Crippen LogP contribution is 2.12. The molecule has 21 heavy (non-hydrogen) atoms. The van der Waals surface area contributed by atoms with E-state index in [-0.39, 0.29) is 36.2 Å². The predicted molar refractivity (Wildman–Crippen MR) is 82.6 cm³/mol. The summed E-state index contributed by atoms with van der Waals surface area (Å²) in [7, 11) is 0. The number of carbonyl (C=O) groups is 3. The van der Waals surface area contributed by atoms with E-state index in [0.29, 0.717) is 13.0 Å². The molecule has 0 aromatic rings. The van der Waals surface area contributed by atoms with Crippen LogP contribution in [0.4, 0.5) is 0 Å². The first kappa shape index (κ1) is 19.4. The molecule has 0 saturated heterocycles. The van der Waals surface area contributed by atoms with Gasteiger partial charge < -0.3 is 16.0 Å². The molecule has 6 heteroatoms. The molecule has 0 aliphatic carbocycles. The largest absolute Gasteiger partial charge is 0.356 e. The molecular weight excluding hydrogens is 270 g/mol. The topological polar surface area (TPSA) is 87.3 Å². The van der Waals surface area contributed by atoms with Crippen molar-refractivity contribution in [3.63, 3.8) is 0 Å². The van der Waals surface area contributed by atoms with Crippen molar-refractivity contribution in [3.05, 3.63) is 0 Å². The van der Waals surface area contributed by atoms with Gasteiger partial charge in [0.15, 0.2) is 0 Å². The van der Waals surface area contributed by atoms with Crippen molar-refractivity contribution in [1.82, 2.24) is 16.0 Å². The van der Waals surface area contributed by atoms with Crippen LogP contribution >= 0.6 is 0 Å². The van der Waals surface area contributed by atoms with Gasteiger partial charge in [-0.2, -0.15) is 0 Å². The zero-order valence-corrected chi connectivity index (χ0v) is 14.1. The molecule has 6 nitrogen and oxygen atoms in total. The smallest absolute Gasteiger partial charge is 0.239 e. The molecule has 0 bridgehead atoms. The number of nitrogens with one attached hydrogen (secondary N) is 3. The van der Waals surface area contributed by atoms with Crippen LogP contribution in [0, 0.1) is 5.41 Å². The molecule has 0 saturated carbocycles. The van der Waals surface area contributed by atoms with E-state index in [4.69, 9.17) is 0 Å². The summed E-state index contributed by atoms with van der Waals surface area (Å²) in [5.41, 5.74) is -0.730. The third-order valence-electron chi connectivity index (χ3n) is 2.51. The van der Waals surface area contributed by atoms with E-state index in [1.165, 1.54) is 0 Å². The molecule has 0 atom stereocenters. The summed E-state index contributed by atoms with van der Waals surface area (Å²) >= 11 is 0. The first-order valence-corrected chi connectivity index (χ1v) is 7.28.